The van der Waals surface area contributed by atoms with Crippen LogP contribution in [-0.4, -0.2) is 53.7 Å². The molecule has 0 spiro atoms. The fourth-order valence-corrected chi connectivity index (χ4v) is 5.09. The van der Waals surface area contributed by atoms with Gasteiger partial charge in [-0.15, -0.1) is 0 Å². The number of pyridine rings is 2. The number of rotatable bonds is 10. The fraction of sp³-hybridized carbons (Fsp3) is 0.371. The molecule has 1 aliphatic rings. The highest BCUT2D eigenvalue weighted by Crippen LogP contribution is 2.29. The molecule has 3 heterocycles. The van der Waals surface area contributed by atoms with E-state index < -0.39 is 17.6 Å². The third-order valence-electron chi connectivity index (χ3n) is 7.20. The predicted octanol–water partition coefficient (Wildman–Crippen LogP) is 7.49. The number of hydrazine groups is 1. The molecule has 2 amide bonds. The second-order valence-corrected chi connectivity index (χ2v) is 12.4. The van der Waals surface area contributed by atoms with Crippen molar-refractivity contribution in [1.82, 2.24) is 20.8 Å². The van der Waals surface area contributed by atoms with Gasteiger partial charge in [0.05, 0.1) is 23.4 Å². The molecular weight excluding hydrogens is 608 g/mol. The lowest BCUT2D eigenvalue weighted by Crippen LogP contribution is -2.44. The molecule has 2 N–H and O–H groups in total. The Bertz CT molecular complexity index is 1630. The van der Waals surface area contributed by atoms with Crippen molar-refractivity contribution in [1.29, 1.82) is 0 Å². The van der Waals surface area contributed by atoms with Crippen molar-refractivity contribution in [2.24, 2.45) is 0 Å². The summed E-state index contributed by atoms with van der Waals surface area (Å²) in [5.41, 5.74) is 8.15. The van der Waals surface area contributed by atoms with Gasteiger partial charge in [-0.25, -0.2) is 20.2 Å². The Balaban J connectivity index is 1.21. The number of halogens is 1. The third-order valence-corrected chi connectivity index (χ3v) is 7.41. The normalized spacial score (nSPS) is 14.9. The Morgan fingerprint density at radius 3 is 2.33 bits per heavy atom. The number of hydrogen-bond acceptors (Lipinski definition) is 8. The number of aromatic nitrogens is 2. The Morgan fingerprint density at radius 2 is 1.63 bits per heavy atom. The van der Waals surface area contributed by atoms with Gasteiger partial charge in [0.15, 0.2) is 6.29 Å². The van der Waals surface area contributed by atoms with Gasteiger partial charge in [0.1, 0.15) is 16.5 Å². The first-order valence-electron chi connectivity index (χ1n) is 15.5. The van der Waals surface area contributed by atoms with E-state index in [9.17, 15) is 9.59 Å². The van der Waals surface area contributed by atoms with Gasteiger partial charge in [0.2, 0.25) is 0 Å². The molecule has 1 atom stereocenters. The fourth-order valence-electron chi connectivity index (χ4n) is 4.94. The summed E-state index contributed by atoms with van der Waals surface area (Å²) < 4.78 is 22.5. The summed E-state index contributed by atoms with van der Waals surface area (Å²) in [5, 5.41) is 0.731. The van der Waals surface area contributed by atoms with Crippen molar-refractivity contribution in [2.45, 2.75) is 64.8 Å². The van der Waals surface area contributed by atoms with E-state index in [1.165, 1.54) is 12.6 Å². The summed E-state index contributed by atoms with van der Waals surface area (Å²) in [6.45, 7) is 7.30. The Morgan fingerprint density at radius 1 is 0.935 bits per heavy atom. The molecule has 0 radical (unpaired) electrons. The molecule has 46 heavy (non-hydrogen) atoms. The van der Waals surface area contributed by atoms with Crippen molar-refractivity contribution in [3.63, 3.8) is 0 Å². The van der Waals surface area contributed by atoms with Crippen molar-refractivity contribution >= 4 is 34.5 Å². The Kier molecular flexibility index (Phi) is 11.1. The summed E-state index contributed by atoms with van der Waals surface area (Å²) in [7, 11) is 0. The molecule has 0 bridgehead atoms. The van der Waals surface area contributed by atoms with E-state index >= 15 is 0 Å². The highest BCUT2D eigenvalue weighted by Gasteiger charge is 2.19. The van der Waals surface area contributed by atoms with E-state index in [1.54, 1.807) is 32.9 Å². The van der Waals surface area contributed by atoms with Crippen LogP contribution in [0.3, 0.4) is 0 Å². The molecule has 1 saturated heterocycles. The minimum Gasteiger partial charge on any atom is -0.494 e. The van der Waals surface area contributed by atoms with Crippen LogP contribution in [0.15, 0.2) is 66.9 Å². The highest BCUT2D eigenvalue weighted by molar-refractivity contribution is 6.30. The first-order valence-corrected chi connectivity index (χ1v) is 15.8. The maximum Gasteiger partial charge on any atom is 0.426 e. The molecule has 4 aromatic rings. The number of hydrogen-bond donors (Lipinski definition) is 2. The zero-order chi connectivity index (χ0) is 32.5. The van der Waals surface area contributed by atoms with Gasteiger partial charge in [-0.3, -0.25) is 10.2 Å². The number of fused-ring (bicyclic) bond motifs is 1. The van der Waals surface area contributed by atoms with Crippen LogP contribution in [0.4, 0.5) is 4.79 Å². The Hall–Kier alpha value is -4.25. The lowest BCUT2D eigenvalue weighted by atomic mass is 10.0. The largest absolute Gasteiger partial charge is 0.494 e. The van der Waals surface area contributed by atoms with Crippen LogP contribution in [-0.2, 0) is 14.2 Å². The van der Waals surface area contributed by atoms with Gasteiger partial charge in [0, 0.05) is 36.4 Å². The van der Waals surface area contributed by atoms with Gasteiger partial charge in [-0.2, -0.15) is 0 Å². The maximum absolute atomic E-state index is 13.1. The number of unbranched alkanes of at least 4 members (excludes halogenated alkanes) is 1. The number of amides is 2. The molecule has 0 saturated carbocycles. The van der Waals surface area contributed by atoms with Crippen molar-refractivity contribution in [2.75, 3.05) is 19.8 Å². The Labute approximate surface area is 273 Å². The topological polar surface area (TPSA) is 121 Å². The van der Waals surface area contributed by atoms with E-state index in [2.05, 4.69) is 15.8 Å². The van der Waals surface area contributed by atoms with Crippen LogP contribution in [0.5, 0.6) is 5.75 Å². The average molecular weight is 647 g/mol. The van der Waals surface area contributed by atoms with Crippen molar-refractivity contribution in [3.8, 4) is 28.1 Å². The number of ether oxygens (including phenoxy) is 4. The van der Waals surface area contributed by atoms with E-state index in [0.29, 0.717) is 29.8 Å². The third kappa shape index (κ3) is 9.38. The molecule has 1 fully saturated rings. The molecule has 1 unspecified atom stereocenters. The monoisotopic (exact) mass is 646 g/mol. The van der Waals surface area contributed by atoms with Crippen molar-refractivity contribution < 1.29 is 28.5 Å². The molecule has 5 rings (SSSR count). The zero-order valence-corrected chi connectivity index (χ0v) is 27.1. The number of carbonyl (C=O) groups is 2. The molecule has 1 aliphatic heterocycles. The lowest BCUT2D eigenvalue weighted by Gasteiger charge is -2.22. The first-order chi connectivity index (χ1) is 22.1. The number of benzene rings is 2. The van der Waals surface area contributed by atoms with Gasteiger partial charge < -0.3 is 18.9 Å². The molecule has 2 aromatic carbocycles. The SMILES string of the molecule is CC(C)(C)OC(=O)NNC(=O)c1cc(-c2ccc(-c3ccc(OCCCCOC4CCCCO4)cc3)cc2)nc2cc(Cl)ncc12. The summed E-state index contributed by atoms with van der Waals surface area (Å²) in [6, 6.07) is 19.1. The molecule has 10 nitrogen and oxygen atoms in total. The van der Waals surface area contributed by atoms with Gasteiger partial charge in [0.25, 0.3) is 5.91 Å². The molecule has 0 aliphatic carbocycles. The summed E-state index contributed by atoms with van der Waals surface area (Å²) >= 11 is 6.14. The second-order valence-electron chi connectivity index (χ2n) is 12.0. The van der Waals surface area contributed by atoms with E-state index in [4.69, 9.17) is 35.5 Å². The summed E-state index contributed by atoms with van der Waals surface area (Å²) in [5.74, 6) is 0.266. The van der Waals surface area contributed by atoms with E-state index in [-0.39, 0.29) is 17.0 Å². The zero-order valence-electron chi connectivity index (χ0n) is 26.3. The molecule has 242 valence electrons. The molecule has 2 aromatic heterocycles. The number of nitrogens with zero attached hydrogens (tertiary/aromatic N) is 2. The van der Waals surface area contributed by atoms with Crippen LogP contribution in [0.1, 0.15) is 63.2 Å². The lowest BCUT2D eigenvalue weighted by molar-refractivity contribution is -0.162. The standard InChI is InChI=1S/C35H39ClN4O6/c1-35(2,3)46-34(42)40-39-33(41)27-20-29(38-30-21-31(36)37-22-28(27)30)25-11-9-23(10-12-25)24-13-15-26(16-14-24)43-17-6-7-19-45-32-8-4-5-18-44-32/h9-16,20-22,32H,4-8,17-19H2,1-3H3,(H,39,41)(H,40,42). The average Bonchev–Trinajstić information content (AvgIpc) is 3.04. The maximum atomic E-state index is 13.1. The smallest absolute Gasteiger partial charge is 0.426 e. The summed E-state index contributed by atoms with van der Waals surface area (Å²) in [6.07, 6.45) is 5.77. The minimum absolute atomic E-state index is 0.0458. The van der Waals surface area contributed by atoms with E-state index in [0.717, 1.165) is 54.7 Å². The van der Waals surface area contributed by atoms with E-state index in [1.807, 2.05) is 48.5 Å². The highest BCUT2D eigenvalue weighted by atomic mass is 35.5. The predicted molar refractivity (Wildman–Crippen MR) is 177 cm³/mol. The van der Waals surface area contributed by atoms with Gasteiger partial charge in [-0.1, -0.05) is 48.0 Å². The molecular formula is C35H39ClN4O6. The van der Waals surface area contributed by atoms with Crippen LogP contribution in [0.2, 0.25) is 5.15 Å². The summed E-state index contributed by atoms with van der Waals surface area (Å²) in [4.78, 5) is 34.1. The van der Waals surface area contributed by atoms with Crippen LogP contribution < -0.4 is 15.6 Å². The van der Waals surface area contributed by atoms with Crippen LogP contribution in [0.25, 0.3) is 33.3 Å². The number of nitrogens with one attached hydrogen (secondary N) is 2. The van der Waals surface area contributed by atoms with Gasteiger partial charge >= 0.3 is 6.09 Å². The quantitative estimate of drug-likeness (QED) is 0.103. The van der Waals surface area contributed by atoms with Crippen molar-refractivity contribution in [3.05, 3.63) is 77.6 Å². The van der Waals surface area contributed by atoms with Crippen LogP contribution in [0, 0.1) is 0 Å². The molecule has 11 heteroatoms. The first kappa shape index (κ1) is 33.1. The second kappa shape index (κ2) is 15.4. The number of carbonyl (C=O) groups excluding carboxylic acids is 2. The van der Waals surface area contributed by atoms with Crippen LogP contribution >= 0.6 is 11.6 Å². The van der Waals surface area contributed by atoms with Gasteiger partial charge in [-0.05, 0) is 82.2 Å². The minimum atomic E-state index is -0.776.